The standard InChI is InChI=1S/C20H22N4OS/c1-15-8-9-18(26-15)14-23-11-3-7-19(23)20(25)22-16-5-2-6-17(13-16)24-12-4-10-21-24/h2,4-6,8-10,12-13,19H,3,7,11,14H2,1H3,(H,22,25)/t19-/m1/s1. The number of rotatable bonds is 5. The molecule has 4 rings (SSSR count). The fraction of sp³-hybridized carbons (Fsp3) is 0.300. The Labute approximate surface area is 157 Å². The van der Waals surface area contributed by atoms with Crippen molar-refractivity contribution in [2.24, 2.45) is 0 Å². The van der Waals surface area contributed by atoms with Crippen molar-refractivity contribution >= 4 is 22.9 Å². The van der Waals surface area contributed by atoms with E-state index in [2.05, 4.69) is 34.4 Å². The summed E-state index contributed by atoms with van der Waals surface area (Å²) < 4.78 is 1.79. The maximum absolute atomic E-state index is 12.8. The van der Waals surface area contributed by atoms with E-state index in [1.807, 2.05) is 47.9 Å². The third kappa shape index (κ3) is 3.71. The van der Waals surface area contributed by atoms with E-state index in [4.69, 9.17) is 0 Å². The molecule has 0 unspecified atom stereocenters. The minimum absolute atomic E-state index is 0.0641. The first kappa shape index (κ1) is 17.0. The number of hydrogen-bond donors (Lipinski definition) is 1. The fourth-order valence-corrected chi connectivity index (χ4v) is 4.37. The first-order valence-electron chi connectivity index (χ1n) is 8.89. The molecule has 1 aliphatic rings. The number of carbonyl (C=O) groups excluding carboxylic acids is 1. The highest BCUT2D eigenvalue weighted by Gasteiger charge is 2.30. The van der Waals surface area contributed by atoms with Crippen LogP contribution in [0.15, 0.2) is 54.9 Å². The number of anilines is 1. The van der Waals surface area contributed by atoms with Gasteiger partial charge in [-0.05, 0) is 62.7 Å². The molecule has 0 spiro atoms. The number of aryl methyl sites for hydroxylation is 1. The molecular formula is C20H22N4OS. The monoisotopic (exact) mass is 366 g/mol. The van der Waals surface area contributed by atoms with E-state index in [9.17, 15) is 4.79 Å². The molecule has 3 aromatic rings. The third-order valence-electron chi connectivity index (χ3n) is 4.70. The van der Waals surface area contributed by atoms with Crippen molar-refractivity contribution in [1.29, 1.82) is 0 Å². The largest absolute Gasteiger partial charge is 0.325 e. The topological polar surface area (TPSA) is 50.2 Å². The maximum atomic E-state index is 12.8. The Kier molecular flexibility index (Phi) is 4.86. The SMILES string of the molecule is Cc1ccc(CN2CCC[C@@H]2C(=O)Nc2cccc(-n3cccn3)c2)s1. The van der Waals surface area contributed by atoms with Crippen LogP contribution in [0, 0.1) is 6.92 Å². The fourth-order valence-electron chi connectivity index (χ4n) is 3.46. The molecule has 2 aromatic heterocycles. The van der Waals surface area contributed by atoms with Gasteiger partial charge in [-0.3, -0.25) is 9.69 Å². The van der Waals surface area contributed by atoms with Crippen LogP contribution < -0.4 is 5.32 Å². The quantitative estimate of drug-likeness (QED) is 0.746. The lowest BCUT2D eigenvalue weighted by atomic mass is 10.2. The Morgan fingerprint density at radius 1 is 1.31 bits per heavy atom. The first-order chi connectivity index (χ1) is 12.7. The number of amides is 1. The van der Waals surface area contributed by atoms with Crippen molar-refractivity contribution in [3.05, 3.63) is 64.6 Å². The zero-order chi connectivity index (χ0) is 17.9. The Hall–Kier alpha value is -2.44. The zero-order valence-corrected chi connectivity index (χ0v) is 15.6. The van der Waals surface area contributed by atoms with Crippen molar-refractivity contribution in [1.82, 2.24) is 14.7 Å². The van der Waals surface area contributed by atoms with E-state index in [-0.39, 0.29) is 11.9 Å². The second-order valence-electron chi connectivity index (χ2n) is 6.63. The van der Waals surface area contributed by atoms with Crippen molar-refractivity contribution in [3.8, 4) is 5.69 Å². The Balaban J connectivity index is 1.44. The van der Waals surface area contributed by atoms with Gasteiger partial charge in [0.25, 0.3) is 0 Å². The first-order valence-corrected chi connectivity index (χ1v) is 9.71. The molecule has 6 heteroatoms. The number of nitrogens with zero attached hydrogens (tertiary/aromatic N) is 3. The minimum atomic E-state index is -0.0641. The molecule has 0 saturated carbocycles. The number of benzene rings is 1. The van der Waals surface area contributed by atoms with E-state index in [0.29, 0.717) is 0 Å². The predicted octanol–water partition coefficient (Wildman–Crippen LogP) is 3.85. The van der Waals surface area contributed by atoms with Gasteiger partial charge in [0.05, 0.1) is 11.7 Å². The van der Waals surface area contributed by atoms with Gasteiger partial charge in [-0.25, -0.2) is 4.68 Å². The molecular weight excluding hydrogens is 344 g/mol. The Bertz CT molecular complexity index is 887. The highest BCUT2D eigenvalue weighted by atomic mass is 32.1. The average molecular weight is 366 g/mol. The highest BCUT2D eigenvalue weighted by molar-refractivity contribution is 7.11. The molecule has 5 nitrogen and oxygen atoms in total. The van der Waals surface area contributed by atoms with Crippen LogP contribution in [0.5, 0.6) is 0 Å². The third-order valence-corrected chi connectivity index (χ3v) is 5.69. The normalized spacial score (nSPS) is 17.5. The summed E-state index contributed by atoms with van der Waals surface area (Å²) in [5.74, 6) is 0.0772. The van der Waals surface area contributed by atoms with E-state index in [0.717, 1.165) is 37.3 Å². The van der Waals surface area contributed by atoms with Gasteiger partial charge in [0, 0.05) is 34.4 Å². The van der Waals surface area contributed by atoms with Gasteiger partial charge in [0.15, 0.2) is 0 Å². The zero-order valence-electron chi connectivity index (χ0n) is 14.8. The van der Waals surface area contributed by atoms with Gasteiger partial charge in [0.2, 0.25) is 5.91 Å². The number of likely N-dealkylation sites (tertiary alicyclic amines) is 1. The van der Waals surface area contributed by atoms with Crippen molar-refractivity contribution in [3.63, 3.8) is 0 Å². The number of hydrogen-bond acceptors (Lipinski definition) is 4. The van der Waals surface area contributed by atoms with Crippen LogP contribution in [-0.2, 0) is 11.3 Å². The van der Waals surface area contributed by atoms with Gasteiger partial charge in [-0.1, -0.05) is 6.07 Å². The van der Waals surface area contributed by atoms with Crippen LogP contribution in [0.2, 0.25) is 0 Å². The lowest BCUT2D eigenvalue weighted by Gasteiger charge is -2.23. The summed E-state index contributed by atoms with van der Waals surface area (Å²) in [5, 5.41) is 7.33. The molecule has 26 heavy (non-hydrogen) atoms. The number of aromatic nitrogens is 2. The second kappa shape index (κ2) is 7.43. The van der Waals surface area contributed by atoms with Gasteiger partial charge < -0.3 is 5.32 Å². The van der Waals surface area contributed by atoms with Crippen LogP contribution in [0.1, 0.15) is 22.6 Å². The summed E-state index contributed by atoms with van der Waals surface area (Å²) >= 11 is 1.81. The molecule has 1 saturated heterocycles. The lowest BCUT2D eigenvalue weighted by molar-refractivity contribution is -0.120. The summed E-state index contributed by atoms with van der Waals surface area (Å²) in [4.78, 5) is 17.8. The van der Waals surface area contributed by atoms with Crippen LogP contribution in [-0.4, -0.2) is 33.2 Å². The Morgan fingerprint density at radius 2 is 2.23 bits per heavy atom. The van der Waals surface area contributed by atoms with E-state index < -0.39 is 0 Å². The van der Waals surface area contributed by atoms with Crippen LogP contribution in [0.4, 0.5) is 5.69 Å². The minimum Gasteiger partial charge on any atom is -0.325 e. The molecule has 3 heterocycles. The molecule has 0 bridgehead atoms. The average Bonchev–Trinajstić information content (AvgIpc) is 3.37. The number of thiophene rings is 1. The lowest BCUT2D eigenvalue weighted by Crippen LogP contribution is -2.39. The summed E-state index contributed by atoms with van der Waals surface area (Å²) in [6.45, 7) is 3.95. The van der Waals surface area contributed by atoms with Crippen molar-refractivity contribution < 1.29 is 4.79 Å². The maximum Gasteiger partial charge on any atom is 0.241 e. The van der Waals surface area contributed by atoms with Crippen LogP contribution in [0.3, 0.4) is 0 Å². The summed E-state index contributed by atoms with van der Waals surface area (Å²) in [6.07, 6.45) is 5.61. The van der Waals surface area contributed by atoms with Crippen molar-refractivity contribution in [2.45, 2.75) is 32.4 Å². The molecule has 0 radical (unpaired) electrons. The molecule has 1 N–H and O–H groups in total. The summed E-state index contributed by atoms with van der Waals surface area (Å²) in [5.41, 5.74) is 1.74. The molecule has 1 atom stereocenters. The highest BCUT2D eigenvalue weighted by Crippen LogP contribution is 2.25. The number of nitrogens with one attached hydrogen (secondary N) is 1. The summed E-state index contributed by atoms with van der Waals surface area (Å²) in [6, 6.07) is 13.9. The number of carbonyl (C=O) groups is 1. The predicted molar refractivity (Wildman–Crippen MR) is 105 cm³/mol. The van der Waals surface area contributed by atoms with Gasteiger partial charge in [-0.15, -0.1) is 11.3 Å². The van der Waals surface area contributed by atoms with E-state index in [1.54, 1.807) is 10.9 Å². The van der Waals surface area contributed by atoms with Crippen LogP contribution in [0.25, 0.3) is 5.69 Å². The smallest absolute Gasteiger partial charge is 0.241 e. The molecule has 0 aliphatic carbocycles. The van der Waals surface area contributed by atoms with Gasteiger partial charge >= 0.3 is 0 Å². The molecule has 1 aliphatic heterocycles. The Morgan fingerprint density at radius 3 is 3.00 bits per heavy atom. The molecule has 1 aromatic carbocycles. The molecule has 134 valence electrons. The van der Waals surface area contributed by atoms with Gasteiger partial charge in [0.1, 0.15) is 0 Å². The summed E-state index contributed by atoms with van der Waals surface area (Å²) in [7, 11) is 0. The van der Waals surface area contributed by atoms with E-state index >= 15 is 0 Å². The van der Waals surface area contributed by atoms with Crippen LogP contribution >= 0.6 is 11.3 Å². The molecule has 1 fully saturated rings. The molecule has 1 amide bonds. The second-order valence-corrected chi connectivity index (χ2v) is 8.00. The van der Waals surface area contributed by atoms with E-state index in [1.165, 1.54) is 9.75 Å². The van der Waals surface area contributed by atoms with Gasteiger partial charge in [-0.2, -0.15) is 5.10 Å². The van der Waals surface area contributed by atoms with Crippen molar-refractivity contribution in [2.75, 3.05) is 11.9 Å².